The van der Waals surface area contributed by atoms with Gasteiger partial charge in [0.15, 0.2) is 0 Å². The molecule has 2 atom stereocenters. The lowest BCUT2D eigenvalue weighted by atomic mass is 10.1. The molecule has 2 unspecified atom stereocenters. The molecule has 1 aromatic heterocycles. The van der Waals surface area contributed by atoms with Gasteiger partial charge in [-0.1, -0.05) is 36.4 Å². The second kappa shape index (κ2) is 8.92. The summed E-state index contributed by atoms with van der Waals surface area (Å²) in [4.78, 5) is 1.15. The van der Waals surface area contributed by atoms with Crippen molar-refractivity contribution >= 4 is 11.3 Å². The highest BCUT2D eigenvalue weighted by Crippen LogP contribution is 2.11. The summed E-state index contributed by atoms with van der Waals surface area (Å²) in [5.74, 6) is 0. The topological polar surface area (TPSA) is 61.7 Å². The van der Waals surface area contributed by atoms with Gasteiger partial charge >= 0.3 is 0 Å². The zero-order valence-corrected chi connectivity index (χ0v) is 12.6. The zero-order chi connectivity index (χ0) is 14.9. The molecule has 2 aromatic rings. The fraction of sp³-hybridized carbons (Fsp3) is 0.375. The van der Waals surface area contributed by atoms with Crippen LogP contribution in [0, 0.1) is 0 Å². The third-order valence-electron chi connectivity index (χ3n) is 3.04. The molecule has 0 aliphatic rings. The second-order valence-corrected chi connectivity index (χ2v) is 5.87. The van der Waals surface area contributed by atoms with E-state index in [1.54, 1.807) is 11.3 Å². The summed E-state index contributed by atoms with van der Waals surface area (Å²) in [6, 6.07) is 13.5. The summed E-state index contributed by atoms with van der Waals surface area (Å²) in [5.41, 5.74) is 0.869. The first-order valence-corrected chi connectivity index (χ1v) is 7.85. The van der Waals surface area contributed by atoms with Crippen LogP contribution < -0.4 is 5.32 Å². The van der Waals surface area contributed by atoms with Gasteiger partial charge in [0, 0.05) is 18.0 Å². The molecular weight excluding hydrogens is 286 g/mol. The number of aliphatic hydroxyl groups excluding tert-OH is 2. The molecule has 0 saturated carbocycles. The largest absolute Gasteiger partial charge is 0.389 e. The molecular formula is C16H21NO3S. The van der Waals surface area contributed by atoms with E-state index < -0.39 is 12.2 Å². The van der Waals surface area contributed by atoms with Gasteiger partial charge in [-0.3, -0.25) is 0 Å². The first-order valence-electron chi connectivity index (χ1n) is 6.97. The minimum Gasteiger partial charge on any atom is -0.389 e. The summed E-state index contributed by atoms with van der Waals surface area (Å²) in [7, 11) is 0. The van der Waals surface area contributed by atoms with Crippen LogP contribution in [0.5, 0.6) is 0 Å². The lowest BCUT2D eigenvalue weighted by molar-refractivity contribution is 0.0283. The molecule has 0 spiro atoms. The van der Waals surface area contributed by atoms with Crippen LogP contribution in [0.1, 0.15) is 16.5 Å². The Labute approximate surface area is 129 Å². The molecule has 0 aliphatic carbocycles. The van der Waals surface area contributed by atoms with Gasteiger partial charge in [-0.15, -0.1) is 11.3 Å². The van der Waals surface area contributed by atoms with E-state index in [0.717, 1.165) is 10.4 Å². The molecule has 0 aliphatic heterocycles. The van der Waals surface area contributed by atoms with Crippen molar-refractivity contribution in [2.75, 3.05) is 19.7 Å². The smallest absolute Gasteiger partial charge is 0.0914 e. The van der Waals surface area contributed by atoms with Crippen LogP contribution in [0.4, 0.5) is 0 Å². The Morgan fingerprint density at radius 2 is 1.86 bits per heavy atom. The molecule has 0 bridgehead atoms. The van der Waals surface area contributed by atoms with E-state index in [9.17, 15) is 10.2 Å². The number of nitrogens with one attached hydrogen (secondary N) is 1. The molecule has 0 radical (unpaired) electrons. The van der Waals surface area contributed by atoms with Gasteiger partial charge in [0.2, 0.25) is 0 Å². The number of aliphatic hydroxyl groups is 2. The monoisotopic (exact) mass is 307 g/mol. The molecule has 3 N–H and O–H groups in total. The quantitative estimate of drug-likeness (QED) is 0.663. The molecule has 0 fully saturated rings. The van der Waals surface area contributed by atoms with Crippen LogP contribution in [0.2, 0.25) is 0 Å². The predicted octanol–water partition coefficient (Wildman–Crippen LogP) is 1.95. The van der Waals surface area contributed by atoms with Gasteiger partial charge in [-0.2, -0.15) is 0 Å². The minimum absolute atomic E-state index is 0.284. The summed E-state index contributed by atoms with van der Waals surface area (Å²) < 4.78 is 5.44. The maximum Gasteiger partial charge on any atom is 0.0914 e. The Kier molecular flexibility index (Phi) is 6.85. The van der Waals surface area contributed by atoms with Gasteiger partial charge in [-0.25, -0.2) is 0 Å². The molecule has 5 heteroatoms. The van der Waals surface area contributed by atoms with E-state index in [0.29, 0.717) is 19.7 Å². The standard InChI is InChI=1S/C16H21NO3S/c18-14(11-20-12-15-7-4-8-21-15)9-17-10-16(19)13-5-2-1-3-6-13/h1-8,14,16-19H,9-12H2. The summed E-state index contributed by atoms with van der Waals surface area (Å²) in [6.07, 6.45) is -1.14. The zero-order valence-electron chi connectivity index (χ0n) is 11.8. The van der Waals surface area contributed by atoms with E-state index >= 15 is 0 Å². The highest BCUT2D eigenvalue weighted by Gasteiger charge is 2.08. The van der Waals surface area contributed by atoms with Crippen molar-refractivity contribution < 1.29 is 14.9 Å². The third kappa shape index (κ3) is 5.95. The molecule has 4 nitrogen and oxygen atoms in total. The molecule has 21 heavy (non-hydrogen) atoms. The van der Waals surface area contributed by atoms with Crippen LogP contribution in [0.25, 0.3) is 0 Å². The number of rotatable bonds is 9. The lowest BCUT2D eigenvalue weighted by Gasteiger charge is -2.15. The number of hydrogen-bond acceptors (Lipinski definition) is 5. The van der Waals surface area contributed by atoms with E-state index in [4.69, 9.17) is 4.74 Å². The average molecular weight is 307 g/mol. The van der Waals surface area contributed by atoms with Crippen LogP contribution in [0.3, 0.4) is 0 Å². The maximum atomic E-state index is 9.96. The molecule has 2 rings (SSSR count). The second-order valence-electron chi connectivity index (χ2n) is 4.83. The summed E-state index contributed by atoms with van der Waals surface area (Å²) in [5, 5.41) is 24.8. The van der Waals surface area contributed by atoms with Gasteiger partial charge in [0.05, 0.1) is 25.4 Å². The minimum atomic E-state index is -0.576. The van der Waals surface area contributed by atoms with Crippen molar-refractivity contribution in [3.05, 3.63) is 58.3 Å². The van der Waals surface area contributed by atoms with Crippen molar-refractivity contribution in [1.29, 1.82) is 0 Å². The Balaban J connectivity index is 1.57. The van der Waals surface area contributed by atoms with Gasteiger partial charge in [0.25, 0.3) is 0 Å². The maximum absolute atomic E-state index is 9.96. The lowest BCUT2D eigenvalue weighted by Crippen LogP contribution is -2.33. The van der Waals surface area contributed by atoms with Crippen molar-refractivity contribution in [2.45, 2.75) is 18.8 Å². The Morgan fingerprint density at radius 1 is 1.05 bits per heavy atom. The fourth-order valence-electron chi connectivity index (χ4n) is 1.93. The van der Waals surface area contributed by atoms with Crippen molar-refractivity contribution in [1.82, 2.24) is 5.32 Å². The average Bonchev–Trinajstić information content (AvgIpc) is 3.01. The van der Waals surface area contributed by atoms with Crippen molar-refractivity contribution in [3.8, 4) is 0 Å². The highest BCUT2D eigenvalue weighted by molar-refractivity contribution is 7.09. The molecule has 0 amide bonds. The number of thiophene rings is 1. The first-order chi connectivity index (χ1) is 10.3. The molecule has 114 valence electrons. The van der Waals surface area contributed by atoms with Crippen molar-refractivity contribution in [2.24, 2.45) is 0 Å². The van der Waals surface area contributed by atoms with E-state index in [-0.39, 0.29) is 6.61 Å². The molecule has 0 saturated heterocycles. The predicted molar refractivity (Wildman–Crippen MR) is 84.3 cm³/mol. The van der Waals surface area contributed by atoms with Gasteiger partial charge < -0.3 is 20.3 Å². The van der Waals surface area contributed by atoms with E-state index in [2.05, 4.69) is 5.32 Å². The molecule has 1 heterocycles. The fourth-order valence-corrected chi connectivity index (χ4v) is 2.57. The Hall–Kier alpha value is -1.24. The molecule has 1 aromatic carbocycles. The van der Waals surface area contributed by atoms with E-state index in [1.165, 1.54) is 0 Å². The first kappa shape index (κ1) is 16.1. The Bertz CT molecular complexity index is 489. The van der Waals surface area contributed by atoms with Crippen LogP contribution in [-0.4, -0.2) is 36.0 Å². The van der Waals surface area contributed by atoms with Crippen LogP contribution in [-0.2, 0) is 11.3 Å². The van der Waals surface area contributed by atoms with Crippen LogP contribution >= 0.6 is 11.3 Å². The Morgan fingerprint density at radius 3 is 2.57 bits per heavy atom. The van der Waals surface area contributed by atoms with Gasteiger partial charge in [0.1, 0.15) is 0 Å². The van der Waals surface area contributed by atoms with E-state index in [1.807, 2.05) is 47.8 Å². The summed E-state index contributed by atoms with van der Waals surface area (Å²) in [6.45, 7) is 1.62. The number of benzene rings is 1. The normalized spacial score (nSPS) is 14.0. The highest BCUT2D eigenvalue weighted by atomic mass is 32.1. The third-order valence-corrected chi connectivity index (χ3v) is 3.89. The number of ether oxygens (including phenoxy) is 1. The van der Waals surface area contributed by atoms with Crippen molar-refractivity contribution in [3.63, 3.8) is 0 Å². The van der Waals surface area contributed by atoms with Crippen LogP contribution in [0.15, 0.2) is 47.8 Å². The SMILES string of the molecule is OC(CNCC(O)c1ccccc1)COCc1cccs1. The summed E-state index contributed by atoms with van der Waals surface area (Å²) >= 11 is 1.64. The number of hydrogen-bond donors (Lipinski definition) is 3. The van der Waals surface area contributed by atoms with Gasteiger partial charge in [-0.05, 0) is 17.0 Å².